The van der Waals surface area contributed by atoms with Gasteiger partial charge in [0, 0.05) is 69.2 Å². The van der Waals surface area contributed by atoms with E-state index in [9.17, 15) is 14.4 Å². The lowest BCUT2D eigenvalue weighted by Crippen LogP contribution is -2.46. The number of hydrogen-bond donors (Lipinski definition) is 2. The van der Waals surface area contributed by atoms with Gasteiger partial charge in [0.15, 0.2) is 0 Å². The third kappa shape index (κ3) is 7.09. The number of nitrogens with one attached hydrogen (secondary N) is 2. The maximum Gasteiger partial charge on any atom is 0.409 e. The molecular weight excluding hydrogens is 472 g/mol. The Balaban J connectivity index is 1.25. The number of pyridine rings is 1. The number of piperidine rings is 1. The molecule has 3 heterocycles. The maximum absolute atomic E-state index is 12.5. The highest BCUT2D eigenvalue weighted by atomic mass is 16.6. The minimum atomic E-state index is -0.306. The molecule has 0 aliphatic carbocycles. The number of anilines is 2. The van der Waals surface area contributed by atoms with Crippen LogP contribution in [0.3, 0.4) is 0 Å². The van der Waals surface area contributed by atoms with E-state index < -0.39 is 0 Å². The van der Waals surface area contributed by atoms with E-state index in [1.807, 2.05) is 18.2 Å². The van der Waals surface area contributed by atoms with Gasteiger partial charge in [0.05, 0.1) is 12.1 Å². The fourth-order valence-electron chi connectivity index (χ4n) is 4.82. The van der Waals surface area contributed by atoms with Gasteiger partial charge < -0.3 is 30.1 Å². The molecule has 0 saturated carbocycles. The molecule has 2 fully saturated rings. The summed E-state index contributed by atoms with van der Waals surface area (Å²) in [6.07, 6.45) is 1.27. The highest BCUT2D eigenvalue weighted by molar-refractivity contribution is 5.96. The number of likely N-dealkylation sites (N-methyl/N-ethyl adjacent to an activating group) is 1. The summed E-state index contributed by atoms with van der Waals surface area (Å²) in [5.41, 5.74) is 2.71. The van der Waals surface area contributed by atoms with Crippen molar-refractivity contribution in [3.05, 3.63) is 29.8 Å². The predicted molar refractivity (Wildman–Crippen MR) is 144 cm³/mol. The first kappa shape index (κ1) is 26.7. The van der Waals surface area contributed by atoms with Crippen LogP contribution in [-0.2, 0) is 14.3 Å². The van der Waals surface area contributed by atoms with Crippen LogP contribution in [0.4, 0.5) is 16.3 Å². The first-order chi connectivity index (χ1) is 17.8. The summed E-state index contributed by atoms with van der Waals surface area (Å²) in [5.74, 6) is 0.637. The van der Waals surface area contributed by atoms with Crippen molar-refractivity contribution in [1.82, 2.24) is 20.1 Å². The lowest BCUT2D eigenvalue weighted by atomic mass is 10.1. The Labute approximate surface area is 218 Å². The summed E-state index contributed by atoms with van der Waals surface area (Å²) >= 11 is 0. The lowest BCUT2D eigenvalue weighted by molar-refractivity contribution is -0.125. The zero-order chi connectivity index (χ0) is 26.4. The van der Waals surface area contributed by atoms with Crippen molar-refractivity contribution in [2.45, 2.75) is 45.6 Å². The molecule has 2 N–H and O–H groups in total. The molecule has 1 aromatic carbocycles. The summed E-state index contributed by atoms with van der Waals surface area (Å²) in [6, 6.07) is 7.86. The number of hydrogen-bond acceptors (Lipinski definition) is 7. The first-order valence-electron chi connectivity index (χ1n) is 13.2. The highest BCUT2D eigenvalue weighted by Crippen LogP contribution is 2.26. The molecule has 0 unspecified atom stereocenters. The van der Waals surface area contributed by atoms with Crippen molar-refractivity contribution in [2.24, 2.45) is 0 Å². The van der Waals surface area contributed by atoms with Crippen LogP contribution < -0.4 is 15.5 Å². The van der Waals surface area contributed by atoms with Crippen molar-refractivity contribution in [3.63, 3.8) is 0 Å². The highest BCUT2D eigenvalue weighted by Gasteiger charge is 2.24. The fraction of sp³-hybridized carbons (Fsp3) is 0.556. The molecule has 0 spiro atoms. The van der Waals surface area contributed by atoms with Gasteiger partial charge in [-0.25, -0.2) is 9.78 Å². The number of ether oxygens (including phenoxy) is 1. The van der Waals surface area contributed by atoms with Gasteiger partial charge in [0.25, 0.3) is 0 Å². The van der Waals surface area contributed by atoms with Crippen molar-refractivity contribution >= 4 is 40.3 Å². The number of rotatable bonds is 7. The smallest absolute Gasteiger partial charge is 0.409 e. The number of carbonyl (C=O) groups is 3. The average molecular weight is 511 g/mol. The van der Waals surface area contributed by atoms with Gasteiger partial charge in [-0.1, -0.05) is 0 Å². The monoisotopic (exact) mass is 510 g/mol. The maximum atomic E-state index is 12.5. The molecule has 0 radical (unpaired) electrons. The van der Waals surface area contributed by atoms with Crippen LogP contribution in [0.15, 0.2) is 24.3 Å². The molecule has 3 amide bonds. The van der Waals surface area contributed by atoms with Crippen LogP contribution in [-0.4, -0.2) is 91.7 Å². The van der Waals surface area contributed by atoms with E-state index in [0.717, 1.165) is 48.5 Å². The average Bonchev–Trinajstić information content (AvgIpc) is 2.89. The molecule has 2 aliphatic rings. The lowest BCUT2D eigenvalue weighted by Gasteiger charge is -2.33. The Hall–Kier alpha value is -3.40. The van der Waals surface area contributed by atoms with Crippen LogP contribution in [0.25, 0.3) is 10.9 Å². The second kappa shape index (κ2) is 12.2. The van der Waals surface area contributed by atoms with Gasteiger partial charge in [-0.15, -0.1) is 0 Å². The second-order valence-corrected chi connectivity index (χ2v) is 9.90. The molecule has 2 aliphatic heterocycles. The molecule has 0 bridgehead atoms. The topological polar surface area (TPSA) is 107 Å². The third-order valence-electron chi connectivity index (χ3n) is 7.08. The largest absolute Gasteiger partial charge is 0.450 e. The minimum absolute atomic E-state index is 0.00735. The van der Waals surface area contributed by atoms with Crippen molar-refractivity contribution in [3.8, 4) is 0 Å². The van der Waals surface area contributed by atoms with E-state index in [0.29, 0.717) is 38.2 Å². The predicted octanol–water partition coefficient (Wildman–Crippen LogP) is 2.75. The van der Waals surface area contributed by atoms with Crippen LogP contribution in [0.1, 0.15) is 38.2 Å². The zero-order valence-electron chi connectivity index (χ0n) is 22.1. The third-order valence-corrected chi connectivity index (χ3v) is 7.08. The number of aromatic nitrogens is 1. The normalized spacial score (nSPS) is 17.1. The SMILES string of the molecule is CCOC(=O)N1CCC(NC(=O)CCC(=O)Nc2ccc3nc(N4CCN(C)CC4)cc(C)c3c2)CC1. The molecule has 4 rings (SSSR count). The number of carbonyl (C=O) groups excluding carboxylic acids is 3. The van der Waals surface area contributed by atoms with Gasteiger partial charge in [0.2, 0.25) is 11.8 Å². The number of benzene rings is 1. The number of likely N-dealkylation sites (tertiary alicyclic amines) is 1. The molecule has 2 aromatic rings. The molecule has 1 aromatic heterocycles. The number of piperazine rings is 1. The summed E-state index contributed by atoms with van der Waals surface area (Å²) in [6.45, 7) is 9.28. The van der Waals surface area contributed by atoms with Gasteiger partial charge in [-0.3, -0.25) is 9.59 Å². The fourth-order valence-corrected chi connectivity index (χ4v) is 4.82. The zero-order valence-corrected chi connectivity index (χ0v) is 22.1. The van der Waals surface area contributed by atoms with Crippen LogP contribution in [0.5, 0.6) is 0 Å². The van der Waals surface area contributed by atoms with Crippen molar-refractivity contribution in [1.29, 1.82) is 0 Å². The Morgan fingerprint density at radius 3 is 2.41 bits per heavy atom. The molecule has 2 saturated heterocycles. The number of aryl methyl sites for hydroxylation is 1. The van der Waals surface area contributed by atoms with E-state index in [-0.39, 0.29) is 36.8 Å². The first-order valence-corrected chi connectivity index (χ1v) is 13.2. The Kier molecular flexibility index (Phi) is 8.81. The van der Waals surface area contributed by atoms with Crippen molar-refractivity contribution in [2.75, 3.05) is 63.1 Å². The summed E-state index contributed by atoms with van der Waals surface area (Å²) < 4.78 is 5.02. The molecule has 37 heavy (non-hydrogen) atoms. The van der Waals surface area contributed by atoms with Crippen molar-refractivity contribution < 1.29 is 19.1 Å². The van der Waals surface area contributed by atoms with E-state index in [4.69, 9.17) is 9.72 Å². The summed E-state index contributed by atoms with van der Waals surface area (Å²) in [7, 11) is 2.14. The second-order valence-electron chi connectivity index (χ2n) is 9.90. The Bertz CT molecular complexity index is 1120. The molecule has 0 atom stereocenters. The van der Waals surface area contributed by atoms with E-state index in [1.54, 1.807) is 11.8 Å². The molecular formula is C27H38N6O4. The van der Waals surface area contributed by atoms with Crippen LogP contribution in [0, 0.1) is 6.92 Å². The Morgan fingerprint density at radius 2 is 1.70 bits per heavy atom. The van der Waals surface area contributed by atoms with Gasteiger partial charge in [-0.05, 0) is 63.6 Å². The Morgan fingerprint density at radius 1 is 1.00 bits per heavy atom. The quantitative estimate of drug-likeness (QED) is 0.590. The van der Waals surface area contributed by atoms with Gasteiger partial charge in [0.1, 0.15) is 5.82 Å². The summed E-state index contributed by atoms with van der Waals surface area (Å²) in [5, 5.41) is 6.90. The van der Waals surface area contributed by atoms with Crippen LogP contribution in [0.2, 0.25) is 0 Å². The standard InChI is InChI=1S/C27H38N6O4/c1-4-37-27(36)33-11-9-20(10-12-33)28-25(34)7-8-26(35)29-21-5-6-23-22(18-21)19(2)17-24(30-23)32-15-13-31(3)14-16-32/h5-6,17-18,20H,4,7-16H2,1-3H3,(H,28,34)(H,29,35). The van der Waals surface area contributed by atoms with E-state index >= 15 is 0 Å². The molecule has 10 heteroatoms. The molecule has 200 valence electrons. The minimum Gasteiger partial charge on any atom is -0.450 e. The number of fused-ring (bicyclic) bond motifs is 1. The van der Waals surface area contributed by atoms with E-state index in [2.05, 4.69) is 40.5 Å². The summed E-state index contributed by atoms with van der Waals surface area (Å²) in [4.78, 5) is 47.8. The number of amides is 3. The van der Waals surface area contributed by atoms with Gasteiger partial charge >= 0.3 is 6.09 Å². The van der Waals surface area contributed by atoms with E-state index in [1.165, 1.54) is 0 Å². The van der Waals surface area contributed by atoms with Gasteiger partial charge in [-0.2, -0.15) is 0 Å². The van der Waals surface area contributed by atoms with Crippen LogP contribution >= 0.6 is 0 Å². The molecule has 10 nitrogen and oxygen atoms in total. The number of nitrogens with zero attached hydrogens (tertiary/aromatic N) is 4.